The molecule has 0 radical (unpaired) electrons. The largest absolute Gasteiger partial charge is 0.478 e. The highest BCUT2D eigenvalue weighted by molar-refractivity contribution is 9.10. The van der Waals surface area contributed by atoms with Gasteiger partial charge in [-0.1, -0.05) is 0 Å². The fourth-order valence-corrected chi connectivity index (χ4v) is 3.46. The van der Waals surface area contributed by atoms with Gasteiger partial charge in [-0.15, -0.1) is 0 Å². The summed E-state index contributed by atoms with van der Waals surface area (Å²) in [5.74, 6) is -0.368. The zero-order chi connectivity index (χ0) is 14.3. The van der Waals surface area contributed by atoms with Crippen LogP contribution in [0.5, 0.6) is 0 Å². The van der Waals surface area contributed by atoms with Crippen molar-refractivity contribution >= 4 is 33.6 Å². The number of carboxylic acid groups (broad SMARTS) is 1. The second-order valence-corrected chi connectivity index (χ2v) is 6.27. The lowest BCUT2D eigenvalue weighted by molar-refractivity contribution is 0.0697. The number of aromatic carboxylic acids is 1. The third kappa shape index (κ3) is 2.40. The third-order valence-corrected chi connectivity index (χ3v) is 4.82. The zero-order valence-electron chi connectivity index (χ0n) is 10.8. The van der Waals surface area contributed by atoms with E-state index in [1.54, 1.807) is 6.07 Å². The van der Waals surface area contributed by atoms with E-state index >= 15 is 0 Å². The number of amides is 2. The maximum Gasteiger partial charge on any atom is 0.335 e. The van der Waals surface area contributed by atoms with E-state index in [4.69, 9.17) is 5.11 Å². The molecule has 106 valence electrons. The molecule has 2 unspecified atom stereocenters. The van der Waals surface area contributed by atoms with Crippen LogP contribution in [0.15, 0.2) is 22.7 Å². The van der Waals surface area contributed by atoms with Crippen molar-refractivity contribution in [2.75, 3.05) is 11.9 Å². The number of likely N-dealkylation sites (tertiary alicyclic amines) is 1. The number of carboxylic acids is 1. The number of carbonyl (C=O) groups excluding carboxylic acids is 1. The molecule has 1 aromatic rings. The summed E-state index contributed by atoms with van der Waals surface area (Å²) in [6.45, 7) is 0.812. The minimum Gasteiger partial charge on any atom is -0.478 e. The second-order valence-electron chi connectivity index (χ2n) is 5.42. The Hall–Kier alpha value is -1.56. The van der Waals surface area contributed by atoms with Crippen molar-refractivity contribution in [3.8, 4) is 0 Å². The minimum absolute atomic E-state index is 0.138. The van der Waals surface area contributed by atoms with Crippen LogP contribution in [-0.4, -0.2) is 34.6 Å². The van der Waals surface area contributed by atoms with Gasteiger partial charge in [-0.25, -0.2) is 9.59 Å². The highest BCUT2D eigenvalue weighted by Gasteiger charge is 2.40. The minimum atomic E-state index is -1.01. The Labute approximate surface area is 125 Å². The van der Waals surface area contributed by atoms with Gasteiger partial charge in [0.05, 0.1) is 11.3 Å². The van der Waals surface area contributed by atoms with Crippen LogP contribution in [0.4, 0.5) is 10.5 Å². The van der Waals surface area contributed by atoms with E-state index in [1.165, 1.54) is 18.6 Å². The van der Waals surface area contributed by atoms with Gasteiger partial charge >= 0.3 is 12.0 Å². The standard InChI is InChI=1S/C14H15BrN2O3/c15-11-4-2-9(13(18)19)6-12(11)16-14(20)17-7-8-1-3-10(17)5-8/h2,4,6,8,10H,1,3,5,7H2,(H,16,20)(H,18,19). The van der Waals surface area contributed by atoms with Gasteiger partial charge in [0.1, 0.15) is 0 Å². The molecular formula is C14H15BrN2O3. The molecule has 3 rings (SSSR count). The number of hydrogen-bond acceptors (Lipinski definition) is 2. The average Bonchev–Trinajstić information content (AvgIpc) is 3.03. The number of nitrogens with one attached hydrogen (secondary N) is 1. The van der Waals surface area contributed by atoms with E-state index in [1.807, 2.05) is 4.90 Å². The van der Waals surface area contributed by atoms with Crippen LogP contribution in [0.25, 0.3) is 0 Å². The summed E-state index contributed by atoms with van der Waals surface area (Å²) in [5.41, 5.74) is 0.657. The number of piperidine rings is 1. The van der Waals surface area contributed by atoms with Crippen molar-refractivity contribution in [1.82, 2.24) is 4.90 Å². The number of halogens is 1. The molecule has 2 aliphatic rings. The molecule has 1 saturated carbocycles. The number of benzene rings is 1. The summed E-state index contributed by atoms with van der Waals surface area (Å²) in [4.78, 5) is 25.1. The molecule has 0 spiro atoms. The number of carbonyl (C=O) groups is 2. The molecule has 1 heterocycles. The second kappa shape index (κ2) is 5.09. The Morgan fingerprint density at radius 1 is 1.35 bits per heavy atom. The molecule has 5 nitrogen and oxygen atoms in total. The van der Waals surface area contributed by atoms with Crippen LogP contribution >= 0.6 is 15.9 Å². The van der Waals surface area contributed by atoms with E-state index in [0.29, 0.717) is 22.1 Å². The molecule has 2 bridgehead atoms. The number of rotatable bonds is 2. The molecule has 2 atom stereocenters. The molecule has 6 heteroatoms. The Kier molecular flexibility index (Phi) is 3.41. The summed E-state index contributed by atoms with van der Waals surface area (Å²) in [6, 6.07) is 4.81. The molecule has 0 aromatic heterocycles. The van der Waals surface area contributed by atoms with E-state index in [2.05, 4.69) is 21.2 Å². The SMILES string of the molecule is O=C(O)c1ccc(Br)c(NC(=O)N2CC3CCC2C3)c1. The summed E-state index contributed by atoms with van der Waals surface area (Å²) in [5, 5.41) is 11.8. The quantitative estimate of drug-likeness (QED) is 0.870. The highest BCUT2D eigenvalue weighted by Crippen LogP contribution is 2.37. The maximum absolute atomic E-state index is 12.3. The van der Waals surface area contributed by atoms with Crippen LogP contribution in [0, 0.1) is 5.92 Å². The van der Waals surface area contributed by atoms with Gasteiger partial charge in [-0.05, 0) is 59.3 Å². The number of fused-ring (bicyclic) bond motifs is 2. The lowest BCUT2D eigenvalue weighted by atomic mass is 10.1. The van der Waals surface area contributed by atoms with Crippen molar-refractivity contribution in [1.29, 1.82) is 0 Å². The Morgan fingerprint density at radius 3 is 2.75 bits per heavy atom. The van der Waals surface area contributed by atoms with Gasteiger partial charge in [0, 0.05) is 17.1 Å². The van der Waals surface area contributed by atoms with Crippen molar-refractivity contribution in [3.05, 3.63) is 28.2 Å². The molecule has 1 saturated heterocycles. The van der Waals surface area contributed by atoms with Crippen LogP contribution < -0.4 is 5.32 Å². The van der Waals surface area contributed by atoms with Gasteiger partial charge in [0.25, 0.3) is 0 Å². The van der Waals surface area contributed by atoms with Crippen LogP contribution in [-0.2, 0) is 0 Å². The predicted octanol–water partition coefficient (Wildman–Crippen LogP) is 3.16. The molecule has 1 aliphatic carbocycles. The third-order valence-electron chi connectivity index (χ3n) is 4.12. The monoisotopic (exact) mass is 338 g/mol. The molecule has 20 heavy (non-hydrogen) atoms. The Bertz CT molecular complexity index is 576. The maximum atomic E-state index is 12.3. The van der Waals surface area contributed by atoms with Gasteiger partial charge < -0.3 is 15.3 Å². The first-order valence-corrected chi connectivity index (χ1v) is 7.44. The lowest BCUT2D eigenvalue weighted by Crippen LogP contribution is -2.40. The van der Waals surface area contributed by atoms with Gasteiger partial charge in [0.2, 0.25) is 0 Å². The molecule has 2 fully saturated rings. The Balaban J connectivity index is 1.75. The molecular weight excluding hydrogens is 324 g/mol. The molecule has 1 aliphatic heterocycles. The molecule has 2 N–H and O–H groups in total. The molecule has 2 amide bonds. The van der Waals surface area contributed by atoms with E-state index < -0.39 is 5.97 Å². The normalized spacial score (nSPS) is 23.9. The smallest absolute Gasteiger partial charge is 0.335 e. The van der Waals surface area contributed by atoms with E-state index in [0.717, 1.165) is 19.4 Å². The topological polar surface area (TPSA) is 69.6 Å². The lowest BCUT2D eigenvalue weighted by Gasteiger charge is -2.27. The average molecular weight is 339 g/mol. The van der Waals surface area contributed by atoms with Crippen LogP contribution in [0.3, 0.4) is 0 Å². The zero-order valence-corrected chi connectivity index (χ0v) is 12.4. The first-order chi connectivity index (χ1) is 9.54. The summed E-state index contributed by atoms with van der Waals surface area (Å²) < 4.78 is 0.681. The van der Waals surface area contributed by atoms with Crippen LogP contribution in [0.1, 0.15) is 29.6 Å². The first kappa shape index (κ1) is 13.4. The fraction of sp³-hybridized carbons (Fsp3) is 0.429. The summed E-state index contributed by atoms with van der Waals surface area (Å²) in [6.07, 6.45) is 3.39. The number of anilines is 1. The van der Waals surface area contributed by atoms with Crippen molar-refractivity contribution < 1.29 is 14.7 Å². The fourth-order valence-electron chi connectivity index (χ4n) is 3.11. The van der Waals surface area contributed by atoms with Crippen molar-refractivity contribution in [3.63, 3.8) is 0 Å². The Morgan fingerprint density at radius 2 is 2.15 bits per heavy atom. The number of hydrogen-bond donors (Lipinski definition) is 2. The number of nitrogens with zero attached hydrogens (tertiary/aromatic N) is 1. The van der Waals surface area contributed by atoms with Gasteiger partial charge in [-0.3, -0.25) is 0 Å². The number of urea groups is 1. The summed E-state index contributed by atoms with van der Waals surface area (Å²) >= 11 is 3.33. The predicted molar refractivity (Wildman–Crippen MR) is 78.0 cm³/mol. The first-order valence-electron chi connectivity index (χ1n) is 6.65. The van der Waals surface area contributed by atoms with Crippen molar-refractivity contribution in [2.45, 2.75) is 25.3 Å². The van der Waals surface area contributed by atoms with Gasteiger partial charge in [-0.2, -0.15) is 0 Å². The van der Waals surface area contributed by atoms with Crippen molar-refractivity contribution in [2.24, 2.45) is 5.92 Å². The highest BCUT2D eigenvalue weighted by atomic mass is 79.9. The van der Waals surface area contributed by atoms with Gasteiger partial charge in [0.15, 0.2) is 0 Å². The summed E-state index contributed by atoms with van der Waals surface area (Å²) in [7, 11) is 0. The van der Waals surface area contributed by atoms with E-state index in [9.17, 15) is 9.59 Å². The van der Waals surface area contributed by atoms with Crippen LogP contribution in [0.2, 0.25) is 0 Å². The molecule has 1 aromatic carbocycles. The van der Waals surface area contributed by atoms with E-state index in [-0.39, 0.29) is 11.6 Å².